The predicted octanol–water partition coefficient (Wildman–Crippen LogP) is -0.294. The Kier molecular flexibility index (Phi) is 6.45. The molecule has 1 saturated heterocycles. The molecule has 0 saturated carbocycles. The standard InChI is InChI=1S/C15H22NO8P/c1-9(2)24-25(20,21)22-8-12-13(18)14(19)15(23-12)16-6-4-5-11(7-16)10(3)17/h4-7,9,12-15,18-19H,8H2,1-3H3/t12-,13-,14-,15-/m1/s1. The van der Waals surface area contributed by atoms with Crippen molar-refractivity contribution < 1.29 is 42.8 Å². The van der Waals surface area contributed by atoms with Crippen molar-refractivity contribution in [2.75, 3.05) is 6.61 Å². The van der Waals surface area contributed by atoms with Crippen LogP contribution in [0.1, 0.15) is 37.4 Å². The minimum Gasteiger partial charge on any atom is -0.756 e. The molecule has 25 heavy (non-hydrogen) atoms. The summed E-state index contributed by atoms with van der Waals surface area (Å²) >= 11 is 0. The topological polar surface area (TPSA) is 129 Å². The Morgan fingerprint density at radius 2 is 2.12 bits per heavy atom. The van der Waals surface area contributed by atoms with E-state index in [1.165, 1.54) is 31.5 Å². The molecule has 0 aliphatic carbocycles. The number of ether oxygens (including phenoxy) is 1. The third kappa shape index (κ3) is 5.15. The van der Waals surface area contributed by atoms with E-state index in [2.05, 4.69) is 4.52 Å². The van der Waals surface area contributed by atoms with Crippen molar-refractivity contribution in [3.05, 3.63) is 30.1 Å². The van der Waals surface area contributed by atoms with Gasteiger partial charge in [-0.15, -0.1) is 0 Å². The van der Waals surface area contributed by atoms with E-state index in [4.69, 9.17) is 9.26 Å². The van der Waals surface area contributed by atoms with Gasteiger partial charge in [0.2, 0.25) is 0 Å². The molecular weight excluding hydrogens is 353 g/mol. The number of aliphatic hydroxyl groups excluding tert-OH is 2. The first-order chi connectivity index (χ1) is 11.6. The van der Waals surface area contributed by atoms with Crippen molar-refractivity contribution >= 4 is 13.6 Å². The van der Waals surface area contributed by atoms with Gasteiger partial charge in [-0.1, -0.05) is 0 Å². The van der Waals surface area contributed by atoms with Gasteiger partial charge in [-0.25, -0.2) is 0 Å². The van der Waals surface area contributed by atoms with Crippen molar-refractivity contribution in [1.29, 1.82) is 0 Å². The molecule has 0 bridgehead atoms. The molecule has 1 aliphatic rings. The molecule has 5 atom stereocenters. The van der Waals surface area contributed by atoms with Crippen molar-refractivity contribution in [1.82, 2.24) is 0 Å². The Bertz CT molecular complexity index is 667. The normalized spacial score (nSPS) is 28.9. The van der Waals surface area contributed by atoms with Crippen LogP contribution in [0.2, 0.25) is 0 Å². The van der Waals surface area contributed by atoms with Gasteiger partial charge in [-0.2, -0.15) is 4.57 Å². The van der Waals surface area contributed by atoms with Gasteiger partial charge in [0.1, 0.15) is 12.2 Å². The zero-order valence-electron chi connectivity index (χ0n) is 14.1. The summed E-state index contributed by atoms with van der Waals surface area (Å²) in [5.41, 5.74) is 0.405. The molecular formula is C15H22NO8P. The zero-order chi connectivity index (χ0) is 18.8. The molecule has 140 valence electrons. The molecule has 2 rings (SSSR count). The Labute approximate surface area is 145 Å². The maximum absolute atomic E-state index is 11.6. The van der Waals surface area contributed by atoms with Crippen LogP contribution >= 0.6 is 7.82 Å². The Morgan fingerprint density at radius 1 is 1.44 bits per heavy atom. The van der Waals surface area contributed by atoms with E-state index in [-0.39, 0.29) is 5.78 Å². The van der Waals surface area contributed by atoms with Crippen molar-refractivity contribution in [3.8, 4) is 0 Å². The Balaban J connectivity index is 2.07. The van der Waals surface area contributed by atoms with E-state index in [0.29, 0.717) is 5.56 Å². The number of aliphatic hydroxyl groups is 2. The van der Waals surface area contributed by atoms with Crippen LogP contribution in [0.15, 0.2) is 24.5 Å². The van der Waals surface area contributed by atoms with Crippen molar-refractivity contribution in [2.45, 2.75) is 51.4 Å². The molecule has 1 fully saturated rings. The number of phosphoric ester groups is 1. The first kappa shape index (κ1) is 20.1. The number of hydrogen-bond donors (Lipinski definition) is 2. The van der Waals surface area contributed by atoms with Gasteiger partial charge in [0.25, 0.3) is 14.1 Å². The maximum Gasteiger partial charge on any atom is 0.292 e. The summed E-state index contributed by atoms with van der Waals surface area (Å²) in [6.07, 6.45) is -2.29. The van der Waals surface area contributed by atoms with Crippen LogP contribution in [0.25, 0.3) is 0 Å². The average molecular weight is 375 g/mol. The van der Waals surface area contributed by atoms with E-state index >= 15 is 0 Å². The Hall–Kier alpha value is -1.19. The fourth-order valence-electron chi connectivity index (χ4n) is 2.43. The van der Waals surface area contributed by atoms with Crippen LogP contribution in [0.5, 0.6) is 0 Å². The van der Waals surface area contributed by atoms with Gasteiger partial charge in [0.15, 0.2) is 24.3 Å². The summed E-state index contributed by atoms with van der Waals surface area (Å²) in [7, 11) is -4.53. The molecule has 1 unspecified atom stereocenters. The predicted molar refractivity (Wildman–Crippen MR) is 82.3 cm³/mol. The van der Waals surface area contributed by atoms with Gasteiger partial charge in [-0.05, 0) is 26.8 Å². The van der Waals surface area contributed by atoms with Gasteiger partial charge >= 0.3 is 0 Å². The van der Waals surface area contributed by atoms with Gasteiger partial charge in [0, 0.05) is 6.07 Å². The lowest BCUT2D eigenvalue weighted by Crippen LogP contribution is -2.46. The van der Waals surface area contributed by atoms with E-state index in [9.17, 15) is 24.5 Å². The van der Waals surface area contributed by atoms with Gasteiger partial charge in [0.05, 0.1) is 18.3 Å². The SMILES string of the molecule is CC(=O)c1ccc[n+]([C@@H]2O[C@H](COP(=O)([O-])OC(C)C)[C@@H](O)[C@H]2O)c1. The first-order valence-electron chi connectivity index (χ1n) is 7.78. The minimum absolute atomic E-state index is 0.166. The van der Waals surface area contributed by atoms with Crippen LogP contribution in [-0.2, 0) is 18.3 Å². The number of aromatic nitrogens is 1. The molecule has 0 aromatic carbocycles. The van der Waals surface area contributed by atoms with Gasteiger partial charge in [-0.3, -0.25) is 9.36 Å². The summed E-state index contributed by atoms with van der Waals surface area (Å²) in [6.45, 7) is 3.97. The van der Waals surface area contributed by atoms with Gasteiger partial charge < -0.3 is 28.9 Å². The van der Waals surface area contributed by atoms with Crippen molar-refractivity contribution in [2.24, 2.45) is 0 Å². The van der Waals surface area contributed by atoms with Crippen molar-refractivity contribution in [3.63, 3.8) is 0 Å². The monoisotopic (exact) mass is 375 g/mol. The quantitative estimate of drug-likeness (QED) is 0.378. The number of rotatable bonds is 7. The zero-order valence-corrected chi connectivity index (χ0v) is 15.0. The average Bonchev–Trinajstić information content (AvgIpc) is 2.80. The third-order valence-electron chi connectivity index (χ3n) is 3.60. The van der Waals surface area contributed by atoms with Crippen LogP contribution in [0.4, 0.5) is 0 Å². The number of carbonyl (C=O) groups is 1. The summed E-state index contributed by atoms with van der Waals surface area (Å²) in [5.74, 6) is -0.166. The largest absolute Gasteiger partial charge is 0.756 e. The van der Waals surface area contributed by atoms with E-state index in [1.54, 1.807) is 18.3 Å². The number of carbonyl (C=O) groups excluding carboxylic acids is 1. The molecule has 0 spiro atoms. The molecule has 2 heterocycles. The number of nitrogens with zero attached hydrogens (tertiary/aromatic N) is 1. The van der Waals surface area contributed by atoms with E-state index in [1.807, 2.05) is 0 Å². The molecule has 10 heteroatoms. The molecule has 1 aliphatic heterocycles. The fraction of sp³-hybridized carbons (Fsp3) is 0.600. The van der Waals surface area contributed by atoms with E-state index < -0.39 is 45.1 Å². The second-order valence-corrected chi connectivity index (χ2v) is 7.40. The number of hydrogen-bond acceptors (Lipinski definition) is 8. The van der Waals surface area contributed by atoms with Crippen LogP contribution in [0, 0.1) is 0 Å². The summed E-state index contributed by atoms with van der Waals surface area (Å²) in [4.78, 5) is 23.1. The molecule has 1 aromatic heterocycles. The Morgan fingerprint density at radius 3 is 2.72 bits per heavy atom. The van der Waals surface area contributed by atoms with E-state index in [0.717, 1.165) is 0 Å². The minimum atomic E-state index is -4.53. The molecule has 2 N–H and O–H groups in total. The molecule has 0 radical (unpaired) electrons. The highest BCUT2D eigenvalue weighted by molar-refractivity contribution is 7.45. The lowest BCUT2D eigenvalue weighted by molar-refractivity contribution is -0.765. The maximum atomic E-state index is 11.6. The second kappa shape index (κ2) is 8.01. The first-order valence-corrected chi connectivity index (χ1v) is 9.24. The molecule has 1 aromatic rings. The number of Topliss-reactive ketones (excluding diaryl/α,β-unsaturated/α-hetero) is 1. The highest BCUT2D eigenvalue weighted by Crippen LogP contribution is 2.41. The number of pyridine rings is 1. The van der Waals surface area contributed by atoms with Crippen LogP contribution < -0.4 is 9.46 Å². The number of ketones is 1. The second-order valence-electron chi connectivity index (χ2n) is 6.04. The smallest absolute Gasteiger partial charge is 0.292 e. The summed E-state index contributed by atoms with van der Waals surface area (Å²) in [6, 6.07) is 3.21. The summed E-state index contributed by atoms with van der Waals surface area (Å²) in [5, 5.41) is 20.2. The highest BCUT2D eigenvalue weighted by Gasteiger charge is 2.48. The highest BCUT2D eigenvalue weighted by atomic mass is 31.2. The number of phosphoric acid groups is 1. The van der Waals surface area contributed by atoms with Crippen LogP contribution in [0.3, 0.4) is 0 Å². The third-order valence-corrected chi connectivity index (χ3v) is 4.74. The van der Waals surface area contributed by atoms with Crippen LogP contribution in [-0.4, -0.2) is 47.0 Å². The molecule has 9 nitrogen and oxygen atoms in total. The molecule has 0 amide bonds. The summed E-state index contributed by atoms with van der Waals surface area (Å²) < 4.78 is 27.9. The lowest BCUT2D eigenvalue weighted by atomic mass is 10.1. The lowest BCUT2D eigenvalue weighted by Gasteiger charge is -2.26. The fourth-order valence-corrected chi connectivity index (χ4v) is 3.33.